The van der Waals surface area contributed by atoms with E-state index >= 15 is 0 Å². The largest absolute Gasteiger partial charge is 0.490 e. The molecule has 2 amide bonds. The molecule has 0 aliphatic heterocycles. The molecule has 0 radical (unpaired) electrons. The van der Waals surface area contributed by atoms with Crippen LogP contribution in [0.2, 0.25) is 5.02 Å². The summed E-state index contributed by atoms with van der Waals surface area (Å²) >= 11 is 5.88. The predicted octanol–water partition coefficient (Wildman–Crippen LogP) is 5.22. The van der Waals surface area contributed by atoms with Crippen LogP contribution in [0.4, 0.5) is 0 Å². The molecule has 3 rings (SSSR count). The minimum absolute atomic E-state index is 0.151. The minimum Gasteiger partial charge on any atom is -0.490 e. The summed E-state index contributed by atoms with van der Waals surface area (Å²) in [7, 11) is 0. The molecule has 8 heteroatoms. The Bertz CT molecular complexity index is 1180. The number of halogens is 1. The van der Waals surface area contributed by atoms with Crippen molar-refractivity contribution in [1.29, 1.82) is 0 Å². The van der Waals surface area contributed by atoms with Crippen molar-refractivity contribution in [2.75, 3.05) is 6.61 Å². The van der Waals surface area contributed by atoms with Crippen LogP contribution in [0.25, 0.3) is 0 Å². The first-order valence-corrected chi connectivity index (χ1v) is 12.1. The van der Waals surface area contributed by atoms with Crippen LogP contribution in [0.3, 0.4) is 0 Å². The monoisotopic (exact) mass is 507 g/mol. The second-order valence-corrected chi connectivity index (χ2v) is 8.79. The van der Waals surface area contributed by atoms with E-state index in [1.807, 2.05) is 57.2 Å². The van der Waals surface area contributed by atoms with E-state index in [1.165, 1.54) is 6.21 Å². The third kappa shape index (κ3) is 7.85. The molecule has 3 aromatic rings. The van der Waals surface area contributed by atoms with Gasteiger partial charge in [0.05, 0.1) is 12.8 Å². The zero-order chi connectivity index (χ0) is 25.9. The number of carbonyl (C=O) groups is 2. The van der Waals surface area contributed by atoms with E-state index in [4.69, 9.17) is 21.1 Å². The molecule has 0 saturated heterocycles. The maximum absolute atomic E-state index is 12.7. The Morgan fingerprint density at radius 2 is 1.69 bits per heavy atom. The smallest absolute Gasteiger partial charge is 0.262 e. The molecule has 0 saturated carbocycles. The molecule has 36 heavy (non-hydrogen) atoms. The van der Waals surface area contributed by atoms with Gasteiger partial charge in [-0.3, -0.25) is 9.59 Å². The lowest BCUT2D eigenvalue weighted by atomic mass is 10.0. The molecule has 0 fully saturated rings. The fourth-order valence-electron chi connectivity index (χ4n) is 3.33. The van der Waals surface area contributed by atoms with Crippen LogP contribution in [0, 0.1) is 5.92 Å². The van der Waals surface area contributed by atoms with E-state index in [0.717, 1.165) is 11.1 Å². The standard InChI is InChI=1S/C28H30ClN3O4/c1-4-35-25-16-21(10-15-24(25)36-18-20-8-6-5-7-9-20)17-30-32-28(34)26(19(2)3)31-27(33)22-11-13-23(29)14-12-22/h5-17,19,26H,4,18H2,1-3H3,(H,31,33)(H,32,34). The third-order valence-electron chi connectivity index (χ3n) is 5.24. The molecule has 0 spiro atoms. The van der Waals surface area contributed by atoms with E-state index < -0.39 is 11.9 Å². The number of hydrogen-bond acceptors (Lipinski definition) is 5. The van der Waals surface area contributed by atoms with Gasteiger partial charge in [-0.05, 0) is 66.4 Å². The molecular formula is C28H30ClN3O4. The highest BCUT2D eigenvalue weighted by Crippen LogP contribution is 2.29. The zero-order valence-electron chi connectivity index (χ0n) is 20.5. The van der Waals surface area contributed by atoms with E-state index in [0.29, 0.717) is 35.3 Å². The molecule has 188 valence electrons. The quantitative estimate of drug-likeness (QED) is 0.275. The summed E-state index contributed by atoms with van der Waals surface area (Å²) < 4.78 is 11.7. The van der Waals surface area contributed by atoms with E-state index in [1.54, 1.807) is 36.4 Å². The lowest BCUT2D eigenvalue weighted by Gasteiger charge is -2.20. The highest BCUT2D eigenvalue weighted by Gasteiger charge is 2.24. The van der Waals surface area contributed by atoms with Gasteiger partial charge in [0.1, 0.15) is 12.6 Å². The zero-order valence-corrected chi connectivity index (χ0v) is 21.3. The Balaban J connectivity index is 1.62. The summed E-state index contributed by atoms with van der Waals surface area (Å²) in [4.78, 5) is 25.3. The number of benzene rings is 3. The number of amides is 2. The third-order valence-corrected chi connectivity index (χ3v) is 5.49. The predicted molar refractivity (Wildman–Crippen MR) is 142 cm³/mol. The number of nitrogens with zero attached hydrogens (tertiary/aromatic N) is 1. The van der Waals surface area contributed by atoms with Crippen molar-refractivity contribution in [3.8, 4) is 11.5 Å². The van der Waals surface area contributed by atoms with Crippen LogP contribution in [0.15, 0.2) is 77.9 Å². The van der Waals surface area contributed by atoms with Crippen LogP contribution in [0.5, 0.6) is 11.5 Å². The number of hydrogen-bond donors (Lipinski definition) is 2. The van der Waals surface area contributed by atoms with Crippen molar-refractivity contribution in [3.63, 3.8) is 0 Å². The molecule has 7 nitrogen and oxygen atoms in total. The van der Waals surface area contributed by atoms with E-state index in [2.05, 4.69) is 15.8 Å². The SMILES string of the molecule is CCOc1cc(C=NNC(=O)C(NC(=O)c2ccc(Cl)cc2)C(C)C)ccc1OCc1ccccc1. The molecule has 0 aliphatic rings. The number of rotatable bonds is 11. The van der Waals surface area contributed by atoms with Gasteiger partial charge in [0.15, 0.2) is 11.5 Å². The molecule has 0 aromatic heterocycles. The van der Waals surface area contributed by atoms with Crippen LogP contribution >= 0.6 is 11.6 Å². The van der Waals surface area contributed by atoms with Crippen molar-refractivity contribution in [2.24, 2.45) is 11.0 Å². The normalized spacial score (nSPS) is 11.8. The molecule has 0 heterocycles. The minimum atomic E-state index is -0.766. The lowest BCUT2D eigenvalue weighted by molar-refractivity contribution is -0.123. The van der Waals surface area contributed by atoms with Crippen LogP contribution in [-0.4, -0.2) is 30.7 Å². The van der Waals surface area contributed by atoms with Crippen molar-refractivity contribution in [1.82, 2.24) is 10.7 Å². The van der Waals surface area contributed by atoms with Gasteiger partial charge in [0.25, 0.3) is 11.8 Å². The fraction of sp³-hybridized carbons (Fsp3) is 0.250. The molecule has 3 aromatic carbocycles. The summed E-state index contributed by atoms with van der Waals surface area (Å²) in [6, 6.07) is 21.0. The van der Waals surface area contributed by atoms with Gasteiger partial charge in [0.2, 0.25) is 0 Å². The summed E-state index contributed by atoms with van der Waals surface area (Å²) in [6.07, 6.45) is 1.51. The van der Waals surface area contributed by atoms with Gasteiger partial charge in [-0.15, -0.1) is 0 Å². The lowest BCUT2D eigenvalue weighted by Crippen LogP contribution is -2.48. The Morgan fingerprint density at radius 3 is 2.36 bits per heavy atom. The van der Waals surface area contributed by atoms with Crippen molar-refractivity contribution in [3.05, 3.63) is 94.5 Å². The Hall–Kier alpha value is -3.84. The van der Waals surface area contributed by atoms with E-state index in [-0.39, 0.29) is 11.8 Å². The van der Waals surface area contributed by atoms with Gasteiger partial charge >= 0.3 is 0 Å². The average molecular weight is 508 g/mol. The Kier molecular flexibility index (Phi) is 9.89. The van der Waals surface area contributed by atoms with Gasteiger partial charge in [-0.1, -0.05) is 55.8 Å². The first-order chi connectivity index (χ1) is 17.4. The molecular weight excluding hydrogens is 478 g/mol. The van der Waals surface area contributed by atoms with Gasteiger partial charge in [-0.2, -0.15) is 5.10 Å². The van der Waals surface area contributed by atoms with Gasteiger partial charge in [-0.25, -0.2) is 5.43 Å². The van der Waals surface area contributed by atoms with Crippen LogP contribution < -0.4 is 20.2 Å². The first-order valence-electron chi connectivity index (χ1n) is 11.7. The van der Waals surface area contributed by atoms with Crippen LogP contribution in [0.1, 0.15) is 42.3 Å². The molecule has 1 unspecified atom stereocenters. The van der Waals surface area contributed by atoms with Gasteiger partial charge in [0, 0.05) is 10.6 Å². The number of hydrazone groups is 1. The summed E-state index contributed by atoms with van der Waals surface area (Å²) in [5.41, 5.74) is 4.70. The maximum Gasteiger partial charge on any atom is 0.262 e. The van der Waals surface area contributed by atoms with E-state index in [9.17, 15) is 9.59 Å². The number of ether oxygens (including phenoxy) is 2. The highest BCUT2D eigenvalue weighted by atomic mass is 35.5. The second-order valence-electron chi connectivity index (χ2n) is 8.35. The second kappa shape index (κ2) is 13.3. The maximum atomic E-state index is 12.7. The average Bonchev–Trinajstić information content (AvgIpc) is 2.87. The molecule has 2 N–H and O–H groups in total. The topological polar surface area (TPSA) is 89.0 Å². The Labute approximate surface area is 216 Å². The summed E-state index contributed by atoms with van der Waals surface area (Å²) in [6.45, 7) is 6.48. The van der Waals surface area contributed by atoms with Gasteiger partial charge < -0.3 is 14.8 Å². The summed E-state index contributed by atoms with van der Waals surface area (Å²) in [5, 5.41) is 7.36. The fourth-order valence-corrected chi connectivity index (χ4v) is 3.45. The Morgan fingerprint density at radius 1 is 0.972 bits per heavy atom. The van der Waals surface area contributed by atoms with Crippen molar-refractivity contribution < 1.29 is 19.1 Å². The number of carbonyl (C=O) groups excluding carboxylic acids is 2. The molecule has 1 atom stereocenters. The van der Waals surface area contributed by atoms with Crippen molar-refractivity contribution in [2.45, 2.75) is 33.4 Å². The summed E-state index contributed by atoms with van der Waals surface area (Å²) in [5.74, 6) is 0.265. The van der Waals surface area contributed by atoms with Crippen molar-refractivity contribution >= 4 is 29.6 Å². The number of nitrogens with one attached hydrogen (secondary N) is 2. The first kappa shape index (κ1) is 26.8. The van der Waals surface area contributed by atoms with Crippen LogP contribution in [-0.2, 0) is 11.4 Å². The highest BCUT2D eigenvalue weighted by molar-refractivity contribution is 6.30. The molecule has 0 bridgehead atoms. The molecule has 0 aliphatic carbocycles.